The van der Waals surface area contributed by atoms with Crippen LogP contribution in [0.1, 0.15) is 29.9 Å². The molecule has 1 N–H and O–H groups in total. The summed E-state index contributed by atoms with van der Waals surface area (Å²) in [5, 5.41) is 8.93. The van der Waals surface area contributed by atoms with Crippen LogP contribution in [-0.4, -0.2) is 19.7 Å². The van der Waals surface area contributed by atoms with Crippen molar-refractivity contribution in [3.05, 3.63) is 84.1 Å². The molecule has 3 aromatic heterocycles. The van der Waals surface area contributed by atoms with Crippen molar-refractivity contribution in [2.45, 2.75) is 26.8 Å². The molecule has 160 valence electrons. The van der Waals surface area contributed by atoms with E-state index < -0.39 is 0 Å². The summed E-state index contributed by atoms with van der Waals surface area (Å²) in [6.07, 6.45) is 5.69. The zero-order valence-corrected chi connectivity index (χ0v) is 18.6. The highest BCUT2D eigenvalue weighted by atomic mass is 16.3. The number of aryl methyl sites for hydroxylation is 3. The lowest BCUT2D eigenvalue weighted by atomic mass is 10.0. The van der Waals surface area contributed by atoms with Crippen LogP contribution < -0.4 is 5.32 Å². The van der Waals surface area contributed by atoms with Crippen LogP contribution in [0.15, 0.2) is 71.6 Å². The summed E-state index contributed by atoms with van der Waals surface area (Å²) in [4.78, 5) is 9.29. The van der Waals surface area contributed by atoms with Crippen LogP contribution in [0.3, 0.4) is 0 Å². The highest BCUT2D eigenvalue weighted by Crippen LogP contribution is 2.29. The van der Waals surface area contributed by atoms with E-state index in [-0.39, 0.29) is 6.04 Å². The van der Waals surface area contributed by atoms with Crippen molar-refractivity contribution in [2.24, 2.45) is 7.05 Å². The summed E-state index contributed by atoms with van der Waals surface area (Å²) < 4.78 is 7.40. The number of aromatic nitrogens is 4. The van der Waals surface area contributed by atoms with Crippen molar-refractivity contribution in [3.63, 3.8) is 0 Å². The first kappa shape index (κ1) is 20.0. The quantitative estimate of drug-likeness (QED) is 0.371. The fourth-order valence-corrected chi connectivity index (χ4v) is 3.97. The molecular weight excluding hydrogens is 398 g/mol. The van der Waals surface area contributed by atoms with Crippen LogP contribution in [0.4, 0.5) is 5.82 Å². The maximum absolute atomic E-state index is 5.58. The van der Waals surface area contributed by atoms with E-state index in [2.05, 4.69) is 64.6 Å². The van der Waals surface area contributed by atoms with Crippen LogP contribution >= 0.6 is 0 Å². The number of fused-ring (bicyclic) bond motifs is 1. The summed E-state index contributed by atoms with van der Waals surface area (Å²) in [6, 6.07) is 16.7. The van der Waals surface area contributed by atoms with Crippen molar-refractivity contribution in [1.82, 2.24) is 19.7 Å². The number of nitrogens with zero attached hydrogens (tertiary/aromatic N) is 4. The lowest BCUT2D eigenvalue weighted by Crippen LogP contribution is -2.09. The largest absolute Gasteiger partial charge is 0.464 e. The second-order valence-electron chi connectivity index (χ2n) is 8.21. The Morgan fingerprint density at radius 1 is 0.969 bits per heavy atom. The molecule has 2 aromatic carbocycles. The predicted molar refractivity (Wildman–Crippen MR) is 127 cm³/mol. The fourth-order valence-electron chi connectivity index (χ4n) is 3.97. The zero-order valence-electron chi connectivity index (χ0n) is 18.6. The van der Waals surface area contributed by atoms with Gasteiger partial charge in [-0.25, -0.2) is 9.97 Å². The third-order valence-electron chi connectivity index (χ3n) is 5.69. The maximum atomic E-state index is 5.58. The highest BCUT2D eigenvalue weighted by Gasteiger charge is 2.12. The van der Waals surface area contributed by atoms with Gasteiger partial charge in [0.05, 0.1) is 18.2 Å². The Balaban J connectivity index is 1.43. The van der Waals surface area contributed by atoms with Gasteiger partial charge in [0.1, 0.15) is 17.2 Å². The van der Waals surface area contributed by atoms with Gasteiger partial charge in [-0.05, 0) is 61.7 Å². The summed E-state index contributed by atoms with van der Waals surface area (Å²) in [5.41, 5.74) is 7.37. The monoisotopic (exact) mass is 423 g/mol. The molecule has 0 unspecified atom stereocenters. The van der Waals surface area contributed by atoms with Crippen molar-refractivity contribution < 1.29 is 4.42 Å². The summed E-state index contributed by atoms with van der Waals surface area (Å²) in [5.74, 6) is 1.53. The number of nitrogens with one attached hydrogen (secondary N) is 1. The van der Waals surface area contributed by atoms with E-state index in [1.807, 2.05) is 49.2 Å². The standard InChI is InChI=1S/C26H25N5O/c1-16-15-32-25-9-8-21(11-23(16)25)24-12-26(30-18(3)29-24)28-17(2)19-6-5-7-20(10-19)22-13-27-31(4)14-22/h5-15,17H,1-4H3,(H,28,29,30)/t17-/m1/s1. The molecule has 0 aliphatic heterocycles. The van der Waals surface area contributed by atoms with Gasteiger partial charge in [-0.2, -0.15) is 5.10 Å². The number of furan rings is 1. The Labute approximate surface area is 186 Å². The zero-order chi connectivity index (χ0) is 22.2. The molecule has 0 amide bonds. The van der Waals surface area contributed by atoms with Gasteiger partial charge in [-0.1, -0.05) is 18.2 Å². The SMILES string of the molecule is Cc1nc(N[C@H](C)c2cccc(-c3cnn(C)c3)c2)cc(-c2ccc3occ(C)c3c2)n1. The van der Waals surface area contributed by atoms with Gasteiger partial charge < -0.3 is 9.73 Å². The van der Waals surface area contributed by atoms with E-state index in [4.69, 9.17) is 4.42 Å². The Hall–Kier alpha value is -3.93. The van der Waals surface area contributed by atoms with Gasteiger partial charge in [-0.15, -0.1) is 0 Å². The lowest BCUT2D eigenvalue weighted by Gasteiger charge is -2.17. The molecule has 5 aromatic rings. The molecule has 32 heavy (non-hydrogen) atoms. The fraction of sp³-hybridized carbons (Fsp3) is 0.192. The first-order chi connectivity index (χ1) is 15.5. The topological polar surface area (TPSA) is 68.8 Å². The number of anilines is 1. The molecule has 6 heteroatoms. The summed E-state index contributed by atoms with van der Waals surface area (Å²) in [6.45, 7) is 6.11. The molecule has 0 aliphatic rings. The first-order valence-corrected chi connectivity index (χ1v) is 10.7. The van der Waals surface area contributed by atoms with Crippen molar-refractivity contribution >= 4 is 16.8 Å². The smallest absolute Gasteiger partial charge is 0.134 e. The molecule has 6 nitrogen and oxygen atoms in total. The van der Waals surface area contributed by atoms with Gasteiger partial charge in [0.25, 0.3) is 0 Å². The molecule has 0 saturated heterocycles. The average molecular weight is 424 g/mol. The second kappa shape index (κ2) is 7.96. The van der Waals surface area contributed by atoms with Crippen LogP contribution in [0.2, 0.25) is 0 Å². The molecule has 0 radical (unpaired) electrons. The van der Waals surface area contributed by atoms with E-state index in [1.165, 1.54) is 5.56 Å². The van der Waals surface area contributed by atoms with Gasteiger partial charge in [0.2, 0.25) is 0 Å². The minimum atomic E-state index is 0.0763. The second-order valence-corrected chi connectivity index (χ2v) is 8.21. The molecular formula is C26H25N5O. The molecule has 0 fully saturated rings. The van der Waals surface area contributed by atoms with Crippen LogP contribution in [0.5, 0.6) is 0 Å². The predicted octanol–water partition coefficient (Wildman–Crippen LogP) is 6.08. The molecule has 1 atom stereocenters. The average Bonchev–Trinajstić information content (AvgIpc) is 3.39. The van der Waals surface area contributed by atoms with Gasteiger partial charge in [0, 0.05) is 41.9 Å². The Kier molecular flexibility index (Phi) is 4.98. The summed E-state index contributed by atoms with van der Waals surface area (Å²) in [7, 11) is 1.93. The molecule has 0 aliphatic carbocycles. The lowest BCUT2D eigenvalue weighted by molar-refractivity contribution is 0.613. The third-order valence-corrected chi connectivity index (χ3v) is 5.69. The number of hydrogen-bond donors (Lipinski definition) is 1. The van der Waals surface area contributed by atoms with E-state index in [0.29, 0.717) is 0 Å². The number of hydrogen-bond acceptors (Lipinski definition) is 5. The van der Waals surface area contributed by atoms with Crippen LogP contribution in [0.25, 0.3) is 33.4 Å². The minimum absolute atomic E-state index is 0.0763. The van der Waals surface area contributed by atoms with E-state index in [9.17, 15) is 0 Å². The Bertz CT molecular complexity index is 1420. The minimum Gasteiger partial charge on any atom is -0.464 e. The highest BCUT2D eigenvalue weighted by molar-refractivity contribution is 5.85. The van der Waals surface area contributed by atoms with E-state index >= 15 is 0 Å². The van der Waals surface area contributed by atoms with Crippen molar-refractivity contribution in [2.75, 3.05) is 5.32 Å². The van der Waals surface area contributed by atoms with Crippen molar-refractivity contribution in [3.8, 4) is 22.4 Å². The van der Waals surface area contributed by atoms with Crippen LogP contribution in [0, 0.1) is 13.8 Å². The maximum Gasteiger partial charge on any atom is 0.134 e. The van der Waals surface area contributed by atoms with Gasteiger partial charge >= 0.3 is 0 Å². The van der Waals surface area contributed by atoms with E-state index in [0.717, 1.165) is 50.6 Å². The molecule has 0 spiro atoms. The first-order valence-electron chi connectivity index (χ1n) is 10.7. The Morgan fingerprint density at radius 3 is 2.66 bits per heavy atom. The Morgan fingerprint density at radius 2 is 1.84 bits per heavy atom. The normalized spacial score (nSPS) is 12.2. The number of rotatable bonds is 5. The molecule has 3 heterocycles. The molecule has 5 rings (SSSR count). The number of benzene rings is 2. The van der Waals surface area contributed by atoms with Crippen molar-refractivity contribution in [1.29, 1.82) is 0 Å². The molecule has 0 bridgehead atoms. The van der Waals surface area contributed by atoms with Gasteiger partial charge in [-0.3, -0.25) is 4.68 Å². The molecule has 0 saturated carbocycles. The third kappa shape index (κ3) is 3.87. The van der Waals surface area contributed by atoms with Gasteiger partial charge in [0.15, 0.2) is 0 Å². The van der Waals surface area contributed by atoms with Crippen LogP contribution in [-0.2, 0) is 7.05 Å². The summed E-state index contributed by atoms with van der Waals surface area (Å²) >= 11 is 0. The van der Waals surface area contributed by atoms with E-state index in [1.54, 1.807) is 6.26 Å².